The maximum Gasteiger partial charge on any atom is 0.227 e. The molecule has 2 amide bonds. The van der Waals surface area contributed by atoms with Gasteiger partial charge in [0.25, 0.3) is 0 Å². The molecule has 4 rings (SSSR count). The Balaban J connectivity index is 1.51. The summed E-state index contributed by atoms with van der Waals surface area (Å²) in [5.41, 5.74) is 1.14. The molecule has 0 unspecified atom stereocenters. The Bertz CT molecular complexity index is 717. The molecule has 3 atom stereocenters. The Morgan fingerprint density at radius 3 is 2.65 bits per heavy atom. The third kappa shape index (κ3) is 2.55. The van der Waals surface area contributed by atoms with Crippen molar-refractivity contribution in [1.82, 2.24) is 9.80 Å². The predicted molar refractivity (Wildman–Crippen MR) is 95.0 cm³/mol. The number of carbonyl (C=O) groups is 2. The number of aliphatic hydroxyl groups is 1. The highest BCUT2D eigenvalue weighted by Gasteiger charge is 2.65. The van der Waals surface area contributed by atoms with Gasteiger partial charge in [0, 0.05) is 13.0 Å². The summed E-state index contributed by atoms with van der Waals surface area (Å²) in [6.07, 6.45) is 1.36. The highest BCUT2D eigenvalue weighted by molar-refractivity contribution is 5.85. The molecule has 3 heterocycles. The minimum absolute atomic E-state index is 0.00273. The predicted octanol–water partition coefficient (Wildman–Crippen LogP) is 1.31. The van der Waals surface area contributed by atoms with E-state index in [1.807, 2.05) is 34.1 Å². The zero-order chi connectivity index (χ0) is 18.5. The van der Waals surface area contributed by atoms with Gasteiger partial charge < -0.3 is 19.6 Å². The van der Waals surface area contributed by atoms with Crippen molar-refractivity contribution in [1.29, 1.82) is 0 Å². The van der Waals surface area contributed by atoms with Crippen molar-refractivity contribution in [2.24, 2.45) is 5.92 Å². The van der Waals surface area contributed by atoms with Crippen LogP contribution in [0.2, 0.25) is 0 Å². The van der Waals surface area contributed by atoms with Crippen LogP contribution in [0, 0.1) is 5.92 Å². The van der Waals surface area contributed by atoms with Crippen molar-refractivity contribution in [3.8, 4) is 0 Å². The van der Waals surface area contributed by atoms with Gasteiger partial charge in [0.2, 0.25) is 11.8 Å². The Hall–Kier alpha value is -1.92. The summed E-state index contributed by atoms with van der Waals surface area (Å²) >= 11 is 0. The Morgan fingerprint density at radius 1 is 1.31 bits per heavy atom. The van der Waals surface area contributed by atoms with Crippen molar-refractivity contribution in [3.63, 3.8) is 0 Å². The van der Waals surface area contributed by atoms with Gasteiger partial charge in [-0.1, -0.05) is 38.1 Å². The smallest absolute Gasteiger partial charge is 0.227 e. The maximum atomic E-state index is 12.9. The Morgan fingerprint density at radius 2 is 2.00 bits per heavy atom. The molecule has 1 spiro atoms. The molecule has 0 saturated carbocycles. The van der Waals surface area contributed by atoms with Crippen molar-refractivity contribution >= 4 is 11.8 Å². The van der Waals surface area contributed by atoms with Crippen molar-refractivity contribution in [3.05, 3.63) is 35.4 Å². The zero-order valence-electron chi connectivity index (χ0n) is 15.4. The summed E-state index contributed by atoms with van der Waals surface area (Å²) in [4.78, 5) is 29.4. The molecule has 0 radical (unpaired) electrons. The largest absolute Gasteiger partial charge is 0.392 e. The van der Waals surface area contributed by atoms with Crippen LogP contribution in [-0.4, -0.2) is 57.7 Å². The van der Waals surface area contributed by atoms with E-state index in [0.29, 0.717) is 38.3 Å². The number of benzene rings is 1. The van der Waals surface area contributed by atoms with Crippen LogP contribution >= 0.6 is 0 Å². The number of hydrogen-bond acceptors (Lipinski definition) is 4. The molecule has 3 saturated heterocycles. The number of aliphatic hydroxyl groups excluding tert-OH is 1. The molecule has 26 heavy (non-hydrogen) atoms. The summed E-state index contributed by atoms with van der Waals surface area (Å²) in [6, 6.07) is 7.35. The highest BCUT2D eigenvalue weighted by Crippen LogP contribution is 2.48. The molecule has 6 nitrogen and oxygen atoms in total. The van der Waals surface area contributed by atoms with Gasteiger partial charge >= 0.3 is 0 Å². The first-order chi connectivity index (χ1) is 12.5. The zero-order valence-corrected chi connectivity index (χ0v) is 15.4. The Kier molecular flexibility index (Phi) is 4.28. The van der Waals surface area contributed by atoms with Crippen molar-refractivity contribution < 1.29 is 19.4 Å². The van der Waals surface area contributed by atoms with Crippen LogP contribution in [0.3, 0.4) is 0 Å². The van der Waals surface area contributed by atoms with Gasteiger partial charge in [-0.05, 0) is 17.0 Å². The first-order valence-electron chi connectivity index (χ1n) is 9.40. The molecule has 1 aromatic rings. The summed E-state index contributed by atoms with van der Waals surface area (Å²) in [7, 11) is 0. The maximum absolute atomic E-state index is 12.9. The number of nitrogens with zero attached hydrogens (tertiary/aromatic N) is 2. The van der Waals surface area contributed by atoms with Crippen LogP contribution in [0.15, 0.2) is 24.3 Å². The minimum Gasteiger partial charge on any atom is -0.392 e. The number of amides is 2. The average Bonchev–Trinajstić information content (AvgIpc) is 3.24. The lowest BCUT2D eigenvalue weighted by Crippen LogP contribution is -2.51. The fraction of sp³-hybridized carbons (Fsp3) is 0.600. The Labute approximate surface area is 153 Å². The van der Waals surface area contributed by atoms with Gasteiger partial charge in [-0.25, -0.2) is 0 Å². The summed E-state index contributed by atoms with van der Waals surface area (Å²) in [6.45, 7) is 5.41. The van der Waals surface area contributed by atoms with E-state index in [9.17, 15) is 9.59 Å². The van der Waals surface area contributed by atoms with Gasteiger partial charge in [-0.2, -0.15) is 0 Å². The molecule has 140 valence electrons. The second-order valence-electron chi connectivity index (χ2n) is 7.94. The molecule has 3 aliphatic heterocycles. The minimum atomic E-state index is -0.609. The molecule has 3 fully saturated rings. The molecule has 0 aliphatic carbocycles. The van der Waals surface area contributed by atoms with Crippen LogP contribution in [0.1, 0.15) is 37.8 Å². The summed E-state index contributed by atoms with van der Waals surface area (Å²) < 4.78 is 6.18. The van der Waals surface area contributed by atoms with Crippen LogP contribution in [-0.2, 0) is 27.4 Å². The second kappa shape index (κ2) is 6.35. The second-order valence-corrected chi connectivity index (χ2v) is 7.94. The highest BCUT2D eigenvalue weighted by atomic mass is 16.5. The number of rotatable bonds is 4. The van der Waals surface area contributed by atoms with E-state index in [1.54, 1.807) is 0 Å². The standard InChI is InChI=1S/C20H26N2O4/c1-13(2)16-12-26-20-7-8-21(17(20)10-19(25)22(16)20)18(24)9-14-3-5-15(11-23)6-4-14/h3-6,13,16-17,23H,7-12H2,1-2H3/t16-,17+,20-/m0/s1. The topological polar surface area (TPSA) is 70.1 Å². The van der Waals surface area contributed by atoms with E-state index in [2.05, 4.69) is 13.8 Å². The van der Waals surface area contributed by atoms with E-state index < -0.39 is 5.72 Å². The fourth-order valence-electron chi connectivity index (χ4n) is 4.71. The van der Waals surface area contributed by atoms with Crippen molar-refractivity contribution in [2.45, 2.75) is 57.5 Å². The molecule has 0 aromatic heterocycles. The number of carbonyl (C=O) groups excluding carboxylic acids is 2. The lowest BCUT2D eigenvalue weighted by Gasteiger charge is -2.34. The van der Waals surface area contributed by atoms with E-state index in [-0.39, 0.29) is 30.5 Å². The number of ether oxygens (including phenoxy) is 1. The fourth-order valence-corrected chi connectivity index (χ4v) is 4.71. The molecule has 3 aliphatic rings. The first-order valence-corrected chi connectivity index (χ1v) is 9.40. The molecule has 6 heteroatoms. The number of hydrogen-bond donors (Lipinski definition) is 1. The molecular weight excluding hydrogens is 332 g/mol. The monoisotopic (exact) mass is 358 g/mol. The SMILES string of the molecule is CC(C)[C@@H]1CO[C@@]23CCN(C(=O)Cc4ccc(CO)cc4)[C@@H]2CC(=O)N13. The van der Waals surface area contributed by atoms with E-state index in [1.165, 1.54) is 0 Å². The lowest BCUT2D eigenvalue weighted by molar-refractivity contribution is -0.141. The van der Waals surface area contributed by atoms with Gasteiger partial charge in [0.05, 0.1) is 38.1 Å². The van der Waals surface area contributed by atoms with E-state index in [4.69, 9.17) is 9.84 Å². The van der Waals surface area contributed by atoms with E-state index >= 15 is 0 Å². The summed E-state index contributed by atoms with van der Waals surface area (Å²) in [5.74, 6) is 0.484. The van der Waals surface area contributed by atoms with Crippen molar-refractivity contribution in [2.75, 3.05) is 13.2 Å². The van der Waals surface area contributed by atoms with Gasteiger partial charge in [0.1, 0.15) is 0 Å². The third-order valence-electron chi connectivity index (χ3n) is 6.14. The van der Waals surface area contributed by atoms with Gasteiger partial charge in [0.15, 0.2) is 5.72 Å². The third-order valence-corrected chi connectivity index (χ3v) is 6.14. The molecule has 1 N–H and O–H groups in total. The van der Waals surface area contributed by atoms with Crippen LogP contribution < -0.4 is 0 Å². The molecule has 0 bridgehead atoms. The average molecular weight is 358 g/mol. The van der Waals surface area contributed by atoms with Crippen LogP contribution in [0.5, 0.6) is 0 Å². The first kappa shape index (κ1) is 17.5. The van der Waals surface area contributed by atoms with Crippen LogP contribution in [0.4, 0.5) is 0 Å². The molecule has 1 aromatic carbocycles. The van der Waals surface area contributed by atoms with Gasteiger partial charge in [-0.3, -0.25) is 9.59 Å². The lowest BCUT2D eigenvalue weighted by atomic mass is 10.0. The quantitative estimate of drug-likeness (QED) is 0.881. The normalized spacial score (nSPS) is 30.2. The van der Waals surface area contributed by atoms with Crippen LogP contribution in [0.25, 0.3) is 0 Å². The molecular formula is C20H26N2O4. The van der Waals surface area contributed by atoms with Gasteiger partial charge in [-0.15, -0.1) is 0 Å². The number of likely N-dealkylation sites (tertiary alicyclic amines) is 1. The van der Waals surface area contributed by atoms with E-state index in [0.717, 1.165) is 11.1 Å². The summed E-state index contributed by atoms with van der Waals surface area (Å²) in [5, 5.41) is 9.13.